The molecule has 1 aromatic heterocycles. The molecule has 1 aliphatic heterocycles. The summed E-state index contributed by atoms with van der Waals surface area (Å²) in [5.74, 6) is -0.747. The highest BCUT2D eigenvalue weighted by Crippen LogP contribution is 2.36. The van der Waals surface area contributed by atoms with Gasteiger partial charge in [0.1, 0.15) is 11.6 Å². The number of hydrogen-bond donors (Lipinski definition) is 1. The SMILES string of the molecule is CN1CCN(C(=O)c2ccc(-c3ccc(-c4cc(C=O)c(O)c5ccccc45)nc3)c(F)c2)C1. The van der Waals surface area contributed by atoms with Gasteiger partial charge in [0.2, 0.25) is 0 Å². The molecule has 5 rings (SSSR count). The first-order chi connectivity index (χ1) is 16.5. The molecule has 1 aliphatic rings. The maximum Gasteiger partial charge on any atom is 0.255 e. The van der Waals surface area contributed by atoms with Crippen LogP contribution in [-0.2, 0) is 0 Å². The Morgan fingerprint density at radius 1 is 1.03 bits per heavy atom. The molecule has 1 saturated heterocycles. The molecule has 170 valence electrons. The normalized spacial score (nSPS) is 14.0. The fraction of sp³-hybridized carbons (Fsp3) is 0.148. The fourth-order valence-corrected chi connectivity index (χ4v) is 4.35. The molecule has 0 saturated carbocycles. The number of aldehydes is 1. The molecule has 0 spiro atoms. The van der Waals surface area contributed by atoms with Crippen LogP contribution in [0.25, 0.3) is 33.2 Å². The van der Waals surface area contributed by atoms with E-state index in [1.54, 1.807) is 53.6 Å². The molecule has 2 heterocycles. The van der Waals surface area contributed by atoms with Gasteiger partial charge in [-0.3, -0.25) is 19.5 Å². The lowest BCUT2D eigenvalue weighted by molar-refractivity contribution is 0.0771. The van der Waals surface area contributed by atoms with E-state index in [0.717, 1.165) is 11.9 Å². The van der Waals surface area contributed by atoms with E-state index in [9.17, 15) is 19.1 Å². The number of rotatable bonds is 4. The molecular formula is C27H22FN3O3. The molecule has 0 bridgehead atoms. The van der Waals surface area contributed by atoms with E-state index >= 15 is 0 Å². The monoisotopic (exact) mass is 455 g/mol. The van der Waals surface area contributed by atoms with Crippen LogP contribution in [0.1, 0.15) is 20.7 Å². The lowest BCUT2D eigenvalue weighted by atomic mass is 9.97. The average molecular weight is 455 g/mol. The Bertz CT molecular complexity index is 1420. The largest absolute Gasteiger partial charge is 0.507 e. The number of amides is 1. The minimum Gasteiger partial charge on any atom is -0.507 e. The van der Waals surface area contributed by atoms with Crippen molar-refractivity contribution in [3.8, 4) is 28.1 Å². The Morgan fingerprint density at radius 3 is 2.47 bits per heavy atom. The minimum atomic E-state index is -0.494. The summed E-state index contributed by atoms with van der Waals surface area (Å²) in [6, 6.07) is 16.8. The van der Waals surface area contributed by atoms with Gasteiger partial charge in [-0.1, -0.05) is 36.4 Å². The predicted molar refractivity (Wildman–Crippen MR) is 128 cm³/mol. The number of carbonyl (C=O) groups excluding carboxylic acids is 2. The summed E-state index contributed by atoms with van der Waals surface area (Å²) in [4.78, 5) is 32.3. The van der Waals surface area contributed by atoms with Gasteiger partial charge >= 0.3 is 0 Å². The van der Waals surface area contributed by atoms with Crippen LogP contribution < -0.4 is 0 Å². The third-order valence-corrected chi connectivity index (χ3v) is 6.19. The van der Waals surface area contributed by atoms with Gasteiger partial charge in [0.05, 0.1) is 17.9 Å². The molecule has 1 fully saturated rings. The highest BCUT2D eigenvalue weighted by molar-refractivity contribution is 6.04. The van der Waals surface area contributed by atoms with Gasteiger partial charge in [-0.15, -0.1) is 0 Å². The van der Waals surface area contributed by atoms with E-state index in [0.29, 0.717) is 52.8 Å². The second-order valence-electron chi connectivity index (χ2n) is 8.44. The number of nitrogens with zero attached hydrogens (tertiary/aromatic N) is 3. The summed E-state index contributed by atoms with van der Waals surface area (Å²) in [6.07, 6.45) is 2.17. The number of aromatic nitrogens is 1. The lowest BCUT2D eigenvalue weighted by Crippen LogP contribution is -2.30. The average Bonchev–Trinajstić information content (AvgIpc) is 3.30. The van der Waals surface area contributed by atoms with E-state index in [2.05, 4.69) is 4.98 Å². The van der Waals surface area contributed by atoms with Gasteiger partial charge < -0.3 is 10.0 Å². The summed E-state index contributed by atoms with van der Waals surface area (Å²) in [5.41, 5.74) is 2.69. The highest BCUT2D eigenvalue weighted by Gasteiger charge is 2.23. The van der Waals surface area contributed by atoms with Crippen LogP contribution in [0.4, 0.5) is 4.39 Å². The summed E-state index contributed by atoms with van der Waals surface area (Å²) in [5, 5.41) is 11.7. The van der Waals surface area contributed by atoms with Crippen molar-refractivity contribution in [2.45, 2.75) is 0 Å². The summed E-state index contributed by atoms with van der Waals surface area (Å²) in [6.45, 7) is 1.96. The van der Waals surface area contributed by atoms with E-state index in [1.165, 1.54) is 6.07 Å². The Labute approximate surface area is 195 Å². The van der Waals surface area contributed by atoms with E-state index in [4.69, 9.17) is 0 Å². The molecular weight excluding hydrogens is 433 g/mol. The summed E-state index contributed by atoms with van der Waals surface area (Å²) >= 11 is 0. The van der Waals surface area contributed by atoms with Gasteiger partial charge in [0.15, 0.2) is 6.29 Å². The zero-order valence-corrected chi connectivity index (χ0v) is 18.5. The van der Waals surface area contributed by atoms with Crippen molar-refractivity contribution in [2.24, 2.45) is 0 Å². The molecule has 1 N–H and O–H groups in total. The Morgan fingerprint density at radius 2 is 1.82 bits per heavy atom. The van der Waals surface area contributed by atoms with Crippen molar-refractivity contribution in [1.82, 2.24) is 14.8 Å². The molecule has 7 heteroatoms. The number of phenols is 1. The molecule has 4 aromatic rings. The van der Waals surface area contributed by atoms with Crippen LogP contribution >= 0.6 is 0 Å². The first-order valence-electron chi connectivity index (χ1n) is 10.9. The number of likely N-dealkylation sites (N-methyl/N-ethyl adjacent to an activating group) is 1. The van der Waals surface area contributed by atoms with Gasteiger partial charge in [-0.2, -0.15) is 0 Å². The standard InChI is InChI=1S/C27H22FN3O3/c1-30-10-11-31(16-30)27(34)17-6-8-20(24(28)13-17)18-7-9-25(29-14-18)23-12-19(15-32)26(33)22-5-3-2-4-21(22)23/h2-9,12-15,33H,10-11,16H2,1H3. The number of halogens is 1. The zero-order chi connectivity index (χ0) is 23.8. The van der Waals surface area contributed by atoms with Crippen molar-refractivity contribution < 1.29 is 19.1 Å². The molecule has 1 amide bonds. The topological polar surface area (TPSA) is 73.7 Å². The molecule has 0 radical (unpaired) electrons. The van der Waals surface area contributed by atoms with E-state index in [-0.39, 0.29) is 17.2 Å². The third-order valence-electron chi connectivity index (χ3n) is 6.19. The fourth-order valence-electron chi connectivity index (χ4n) is 4.35. The smallest absolute Gasteiger partial charge is 0.255 e. The van der Waals surface area contributed by atoms with Crippen molar-refractivity contribution in [3.63, 3.8) is 0 Å². The maximum atomic E-state index is 15.0. The van der Waals surface area contributed by atoms with Crippen LogP contribution in [0.5, 0.6) is 5.75 Å². The third kappa shape index (κ3) is 3.80. The maximum absolute atomic E-state index is 15.0. The minimum absolute atomic E-state index is 0.0664. The van der Waals surface area contributed by atoms with Gasteiger partial charge in [0.25, 0.3) is 5.91 Å². The van der Waals surface area contributed by atoms with Crippen LogP contribution in [0, 0.1) is 5.82 Å². The number of hydrogen-bond acceptors (Lipinski definition) is 5. The number of benzene rings is 3. The zero-order valence-electron chi connectivity index (χ0n) is 18.5. The molecule has 3 aromatic carbocycles. The van der Waals surface area contributed by atoms with E-state index < -0.39 is 5.82 Å². The number of phenolic OH excluding ortho intramolecular Hbond substituents is 1. The van der Waals surface area contributed by atoms with Crippen LogP contribution in [0.3, 0.4) is 0 Å². The van der Waals surface area contributed by atoms with Crippen LogP contribution in [0.15, 0.2) is 66.9 Å². The number of fused-ring (bicyclic) bond motifs is 1. The van der Waals surface area contributed by atoms with Crippen molar-refractivity contribution in [1.29, 1.82) is 0 Å². The summed E-state index contributed by atoms with van der Waals surface area (Å²) in [7, 11) is 1.94. The van der Waals surface area contributed by atoms with Crippen molar-refractivity contribution >= 4 is 23.0 Å². The molecule has 6 nitrogen and oxygen atoms in total. The highest BCUT2D eigenvalue weighted by atomic mass is 19.1. The van der Waals surface area contributed by atoms with Gasteiger partial charge in [0, 0.05) is 46.9 Å². The van der Waals surface area contributed by atoms with E-state index in [1.807, 2.05) is 24.1 Å². The van der Waals surface area contributed by atoms with Gasteiger partial charge in [-0.25, -0.2) is 4.39 Å². The molecule has 0 aliphatic carbocycles. The lowest BCUT2D eigenvalue weighted by Gasteiger charge is -2.16. The van der Waals surface area contributed by atoms with Crippen LogP contribution in [0.2, 0.25) is 0 Å². The molecule has 0 unspecified atom stereocenters. The van der Waals surface area contributed by atoms with Gasteiger partial charge in [-0.05, 0) is 36.7 Å². The second-order valence-corrected chi connectivity index (χ2v) is 8.44. The number of carbonyl (C=O) groups is 2. The Balaban J connectivity index is 1.47. The Hall–Kier alpha value is -4.10. The molecule has 34 heavy (non-hydrogen) atoms. The van der Waals surface area contributed by atoms with Crippen molar-refractivity contribution in [2.75, 3.05) is 26.8 Å². The number of pyridine rings is 1. The summed E-state index contributed by atoms with van der Waals surface area (Å²) < 4.78 is 15.0. The quantitative estimate of drug-likeness (QED) is 0.457. The molecule has 0 atom stereocenters. The first kappa shape index (κ1) is 21.7. The predicted octanol–water partition coefficient (Wildman–Crippen LogP) is 4.57. The van der Waals surface area contributed by atoms with Crippen LogP contribution in [-0.4, -0.2) is 58.9 Å². The Kier molecular flexibility index (Phi) is 5.55. The van der Waals surface area contributed by atoms with Crippen molar-refractivity contribution in [3.05, 3.63) is 83.8 Å². The number of aromatic hydroxyl groups is 1. The second kappa shape index (κ2) is 8.68. The first-order valence-corrected chi connectivity index (χ1v) is 10.9.